The van der Waals surface area contributed by atoms with Crippen molar-refractivity contribution < 1.29 is 63.0 Å². The number of likely N-dealkylation sites (tertiary alicyclic amines) is 1. The Balaban J connectivity index is 2.40. The highest BCUT2D eigenvalue weighted by Gasteiger charge is 2.39. The maximum absolute atomic E-state index is 14.1. The molecule has 0 aliphatic carbocycles. The SMILES string of the molecule is C[C@H](NC(=O)[C@H](CCCN=C(N)N)NC(=O)[C@H](CCC(N)=O)NC(=O)[C@H](Cc1cnc[nH]1)NC(=O)[C@H](CCC(=O)O)NC(=O)[C@@H]1CCCN1C(=O)[C@@H](N)CO)C(=O)N[C@@H](CCC(N)=O)C(N)=O. The Morgan fingerprint density at radius 2 is 1.27 bits per heavy atom. The van der Waals surface area contributed by atoms with Gasteiger partial charge in [0.25, 0.3) is 0 Å². The van der Waals surface area contributed by atoms with Gasteiger partial charge in [0.1, 0.15) is 48.3 Å². The smallest absolute Gasteiger partial charge is 0.303 e. The van der Waals surface area contributed by atoms with Crippen LogP contribution in [0.5, 0.6) is 0 Å². The highest BCUT2D eigenvalue weighted by Crippen LogP contribution is 2.19. The molecule has 1 fully saturated rings. The van der Waals surface area contributed by atoms with Crippen LogP contribution in [-0.4, -0.2) is 164 Å². The number of carboxylic acid groups (broad SMARTS) is 1. The van der Waals surface area contributed by atoms with E-state index in [2.05, 4.69) is 46.9 Å². The van der Waals surface area contributed by atoms with Crippen molar-refractivity contribution in [3.05, 3.63) is 18.2 Å². The molecule has 1 aromatic rings. The quantitative estimate of drug-likeness (QED) is 0.0193. The van der Waals surface area contributed by atoms with Crippen molar-refractivity contribution in [3.8, 4) is 0 Å². The number of carboxylic acids is 1. The third kappa shape index (κ3) is 19.7. The number of primary amides is 3. The number of aliphatic hydroxyl groups is 1. The van der Waals surface area contributed by atoms with Gasteiger partial charge >= 0.3 is 5.97 Å². The second-order valence-corrected chi connectivity index (χ2v) is 15.6. The van der Waals surface area contributed by atoms with E-state index in [1.54, 1.807) is 0 Å². The summed E-state index contributed by atoms with van der Waals surface area (Å²) in [6.07, 6.45) is 0.202. The van der Waals surface area contributed by atoms with Crippen molar-refractivity contribution in [2.75, 3.05) is 19.7 Å². The van der Waals surface area contributed by atoms with Crippen LogP contribution in [0, 0.1) is 0 Å². The van der Waals surface area contributed by atoms with E-state index in [1.165, 1.54) is 19.4 Å². The summed E-state index contributed by atoms with van der Waals surface area (Å²) in [5.41, 5.74) is 32.6. The molecule has 0 unspecified atom stereocenters. The maximum Gasteiger partial charge on any atom is 0.303 e. The predicted molar refractivity (Wildman–Crippen MR) is 232 cm³/mol. The molecule has 1 aliphatic rings. The number of H-pyrrole nitrogens is 1. The molecule has 0 bridgehead atoms. The Bertz CT molecular complexity index is 1960. The van der Waals surface area contributed by atoms with Gasteiger partial charge in [-0.1, -0.05) is 0 Å². The van der Waals surface area contributed by atoms with Gasteiger partial charge in [-0.2, -0.15) is 0 Å². The Labute approximate surface area is 383 Å². The fraction of sp³-hybridized carbons (Fsp3) is 0.605. The number of nitrogens with one attached hydrogen (secondary N) is 7. The molecule has 372 valence electrons. The average Bonchev–Trinajstić information content (AvgIpc) is 3.98. The van der Waals surface area contributed by atoms with Crippen LogP contribution in [0.1, 0.15) is 76.8 Å². The van der Waals surface area contributed by atoms with E-state index < -0.39 is 146 Å². The molecule has 21 N–H and O–H groups in total. The number of aromatic nitrogens is 2. The largest absolute Gasteiger partial charge is 0.481 e. The lowest BCUT2D eigenvalue weighted by Gasteiger charge is -2.29. The van der Waals surface area contributed by atoms with E-state index in [0.717, 1.165) is 4.90 Å². The second kappa shape index (κ2) is 27.8. The summed E-state index contributed by atoms with van der Waals surface area (Å²) >= 11 is 0. The summed E-state index contributed by atoms with van der Waals surface area (Å²) < 4.78 is 0. The number of imidazole rings is 1. The number of carbonyl (C=O) groups excluding carboxylic acids is 10. The van der Waals surface area contributed by atoms with Gasteiger partial charge in [0.2, 0.25) is 59.1 Å². The van der Waals surface area contributed by atoms with Crippen molar-refractivity contribution >= 4 is 71.0 Å². The molecule has 0 radical (unpaired) electrons. The first-order chi connectivity index (χ1) is 31.5. The monoisotopic (exact) mass is 950 g/mol. The summed E-state index contributed by atoms with van der Waals surface area (Å²) in [6, 6.07) is -11.4. The third-order valence-corrected chi connectivity index (χ3v) is 10.2. The molecule has 29 nitrogen and oxygen atoms in total. The molecule has 1 aromatic heterocycles. The second-order valence-electron chi connectivity index (χ2n) is 15.6. The molecule has 0 aromatic carbocycles. The predicted octanol–water partition coefficient (Wildman–Crippen LogP) is -7.87. The first-order valence-corrected chi connectivity index (χ1v) is 21.1. The minimum atomic E-state index is -1.63. The van der Waals surface area contributed by atoms with E-state index in [0.29, 0.717) is 6.42 Å². The Morgan fingerprint density at radius 1 is 0.746 bits per heavy atom. The average molecular weight is 951 g/mol. The van der Waals surface area contributed by atoms with Crippen LogP contribution in [0.2, 0.25) is 0 Å². The van der Waals surface area contributed by atoms with Gasteiger partial charge < -0.3 is 86.4 Å². The van der Waals surface area contributed by atoms with Crippen LogP contribution >= 0.6 is 0 Å². The lowest BCUT2D eigenvalue weighted by atomic mass is 10.0. The summed E-state index contributed by atoms with van der Waals surface area (Å²) in [5.74, 6) is -10.7. The normalized spacial score (nSPS) is 16.3. The molecule has 29 heteroatoms. The Kier molecular flexibility index (Phi) is 23.1. The molecule has 2 heterocycles. The molecule has 10 amide bonds. The zero-order valence-corrected chi connectivity index (χ0v) is 36.9. The number of guanidine groups is 1. The van der Waals surface area contributed by atoms with Crippen LogP contribution in [0.25, 0.3) is 0 Å². The number of hydrogen-bond acceptors (Lipinski definition) is 15. The van der Waals surface area contributed by atoms with Crippen molar-refractivity contribution in [1.29, 1.82) is 0 Å². The van der Waals surface area contributed by atoms with Gasteiger partial charge in [0.15, 0.2) is 5.96 Å². The summed E-state index contributed by atoms with van der Waals surface area (Å²) in [4.78, 5) is 153. The highest BCUT2D eigenvalue weighted by atomic mass is 16.4. The number of aliphatic carboxylic acids is 1. The number of hydrogen-bond donors (Lipinski definition) is 15. The number of amides is 10. The van der Waals surface area contributed by atoms with E-state index in [9.17, 15) is 63.0 Å². The highest BCUT2D eigenvalue weighted by molar-refractivity contribution is 5.98. The minimum Gasteiger partial charge on any atom is -0.481 e. The number of nitrogens with zero attached hydrogens (tertiary/aromatic N) is 3. The summed E-state index contributed by atoms with van der Waals surface area (Å²) in [6.45, 7) is 0.654. The van der Waals surface area contributed by atoms with Gasteiger partial charge in [0, 0.05) is 50.7 Å². The number of nitrogens with two attached hydrogens (primary N) is 6. The van der Waals surface area contributed by atoms with E-state index in [-0.39, 0.29) is 63.3 Å². The number of aliphatic imine (C=N–C) groups is 1. The molecule has 1 aliphatic heterocycles. The zero-order valence-electron chi connectivity index (χ0n) is 36.9. The van der Waals surface area contributed by atoms with E-state index in [1.807, 2.05) is 0 Å². The van der Waals surface area contributed by atoms with Gasteiger partial charge in [-0.3, -0.25) is 57.7 Å². The Hall–Kier alpha value is -7.43. The van der Waals surface area contributed by atoms with Gasteiger partial charge in [-0.05, 0) is 51.9 Å². The molecular weight excluding hydrogens is 889 g/mol. The zero-order chi connectivity index (χ0) is 50.4. The van der Waals surface area contributed by atoms with Gasteiger partial charge in [-0.25, -0.2) is 4.98 Å². The first kappa shape index (κ1) is 55.7. The van der Waals surface area contributed by atoms with Crippen molar-refractivity contribution in [2.24, 2.45) is 39.4 Å². The topological polar surface area (TPSA) is 501 Å². The molecule has 67 heavy (non-hydrogen) atoms. The van der Waals surface area contributed by atoms with Gasteiger partial charge in [-0.15, -0.1) is 0 Å². The van der Waals surface area contributed by atoms with Crippen LogP contribution in [0.15, 0.2) is 17.5 Å². The summed E-state index contributed by atoms with van der Waals surface area (Å²) in [5, 5.41) is 33.4. The standard InChI is InChI=1S/C38H62N16O13/c1-18(31(61)49-21(30(42)60)6-9-27(40)56)48-32(62)22(4-2-12-46-38(43)44)50-33(63)23(7-10-28(41)57)51-35(65)25(14-19-15-45-17-47-19)53-34(64)24(8-11-29(58)59)52-36(66)26-5-3-13-54(26)37(67)20(39)16-55/h15,17-18,20-26,55H,2-14,16,39H2,1H3,(H2,40,56)(H2,41,57)(H2,42,60)(H,45,47)(H,48,62)(H,49,61)(H,50,63)(H,51,65)(H,52,66)(H,53,64)(H,58,59)(H4,43,44,46)/t18-,20-,21-,22-,23-,24-,25-,26-/m0/s1. The maximum atomic E-state index is 14.1. The number of rotatable bonds is 30. The van der Waals surface area contributed by atoms with Crippen LogP contribution in [0.4, 0.5) is 0 Å². The number of aliphatic hydroxyl groups excluding tert-OH is 1. The number of aromatic amines is 1. The third-order valence-electron chi connectivity index (χ3n) is 10.2. The molecule has 0 saturated carbocycles. The Morgan fingerprint density at radius 3 is 1.81 bits per heavy atom. The molecular formula is C38H62N16O13. The fourth-order valence-electron chi connectivity index (χ4n) is 6.62. The van der Waals surface area contributed by atoms with Gasteiger partial charge in [0.05, 0.1) is 12.9 Å². The lowest BCUT2D eigenvalue weighted by molar-refractivity contribution is -0.141. The van der Waals surface area contributed by atoms with Crippen LogP contribution in [-0.2, 0) is 59.2 Å². The van der Waals surface area contributed by atoms with E-state index >= 15 is 0 Å². The molecule has 2 rings (SSSR count). The van der Waals surface area contributed by atoms with E-state index in [4.69, 9.17) is 34.4 Å². The van der Waals surface area contributed by atoms with Crippen LogP contribution < -0.4 is 66.3 Å². The minimum absolute atomic E-state index is 0.0160. The summed E-state index contributed by atoms with van der Waals surface area (Å²) in [7, 11) is 0. The molecule has 0 spiro atoms. The van der Waals surface area contributed by atoms with Crippen molar-refractivity contribution in [3.63, 3.8) is 0 Å². The lowest BCUT2D eigenvalue weighted by Crippen LogP contribution is -2.60. The molecule has 1 saturated heterocycles. The number of carbonyl (C=O) groups is 11. The fourth-order valence-corrected chi connectivity index (χ4v) is 6.62. The van der Waals surface area contributed by atoms with Crippen molar-refractivity contribution in [1.82, 2.24) is 46.8 Å². The van der Waals surface area contributed by atoms with Crippen molar-refractivity contribution in [2.45, 2.75) is 126 Å². The first-order valence-electron chi connectivity index (χ1n) is 21.1. The molecule has 8 atom stereocenters. The van der Waals surface area contributed by atoms with Crippen LogP contribution in [0.3, 0.4) is 0 Å².